The molecule has 7 nitrogen and oxygen atoms in total. The predicted octanol–water partition coefficient (Wildman–Crippen LogP) is 5.16. The average molecular weight is 521 g/mol. The lowest BCUT2D eigenvalue weighted by atomic mass is 10.1. The Labute approximate surface area is 222 Å². The van der Waals surface area contributed by atoms with Crippen LogP contribution < -0.4 is 10.5 Å². The van der Waals surface area contributed by atoms with Crippen LogP contribution in [0.2, 0.25) is 5.02 Å². The minimum atomic E-state index is -0.570. The number of aromatic amines is 1. The maximum absolute atomic E-state index is 12.9. The quantitative estimate of drug-likeness (QED) is 0.342. The zero-order valence-electron chi connectivity index (χ0n) is 21.6. The summed E-state index contributed by atoms with van der Waals surface area (Å²) in [5.41, 5.74) is 1.87. The van der Waals surface area contributed by atoms with Crippen molar-refractivity contribution in [2.24, 2.45) is 0 Å². The lowest BCUT2D eigenvalue weighted by Crippen LogP contribution is -2.30. The van der Waals surface area contributed by atoms with Gasteiger partial charge in [-0.15, -0.1) is 6.42 Å². The summed E-state index contributed by atoms with van der Waals surface area (Å²) in [4.78, 5) is 37.2. The van der Waals surface area contributed by atoms with Crippen molar-refractivity contribution in [1.29, 1.82) is 0 Å². The number of hydrogen-bond donors (Lipinski definition) is 1. The van der Waals surface area contributed by atoms with Crippen LogP contribution in [0.15, 0.2) is 41.2 Å². The number of esters is 1. The van der Waals surface area contributed by atoms with Crippen LogP contribution in [0.25, 0.3) is 10.9 Å². The van der Waals surface area contributed by atoms with Gasteiger partial charge in [0.15, 0.2) is 0 Å². The molecule has 0 unspecified atom stereocenters. The van der Waals surface area contributed by atoms with E-state index in [0.29, 0.717) is 46.9 Å². The zero-order valence-corrected chi connectivity index (χ0v) is 22.4. The number of terminal acetylenes is 1. The summed E-state index contributed by atoms with van der Waals surface area (Å²) >= 11 is 6.66. The normalized spacial score (nSPS) is 14.4. The van der Waals surface area contributed by atoms with Crippen molar-refractivity contribution in [2.45, 2.75) is 58.7 Å². The van der Waals surface area contributed by atoms with Gasteiger partial charge in [0.1, 0.15) is 11.4 Å². The second kappa shape index (κ2) is 11.4. The van der Waals surface area contributed by atoms with Crippen LogP contribution in [0.5, 0.6) is 0 Å². The molecule has 0 amide bonds. The van der Waals surface area contributed by atoms with E-state index in [4.69, 9.17) is 22.8 Å². The average Bonchev–Trinajstić information content (AvgIpc) is 2.84. The van der Waals surface area contributed by atoms with Gasteiger partial charge in [0, 0.05) is 17.3 Å². The third-order valence-corrected chi connectivity index (χ3v) is 6.61. The number of carbonyl (C=O) groups is 1. The Morgan fingerprint density at radius 1 is 1.19 bits per heavy atom. The van der Waals surface area contributed by atoms with Crippen LogP contribution in [-0.2, 0) is 17.8 Å². The summed E-state index contributed by atoms with van der Waals surface area (Å²) in [5.74, 6) is 2.95. The molecular formula is C29H33ClN4O3. The van der Waals surface area contributed by atoms with E-state index in [-0.39, 0.29) is 11.5 Å². The fourth-order valence-corrected chi connectivity index (χ4v) is 4.70. The Morgan fingerprint density at radius 3 is 2.54 bits per heavy atom. The molecule has 3 aromatic rings. The second-order valence-electron chi connectivity index (χ2n) is 10.4. The van der Waals surface area contributed by atoms with Gasteiger partial charge in [0.25, 0.3) is 5.56 Å². The second-order valence-corrected chi connectivity index (χ2v) is 10.8. The summed E-state index contributed by atoms with van der Waals surface area (Å²) in [5, 5.41) is 1.00. The molecule has 1 saturated heterocycles. The number of carbonyl (C=O) groups excluding carboxylic acids is 1. The highest BCUT2D eigenvalue weighted by atomic mass is 35.5. The molecule has 1 N–H and O–H groups in total. The number of benzene rings is 2. The fraction of sp³-hybridized carbons (Fsp3) is 0.414. The molecule has 1 fully saturated rings. The van der Waals surface area contributed by atoms with Crippen molar-refractivity contribution in [3.8, 4) is 12.3 Å². The molecule has 2 aromatic carbocycles. The molecule has 0 atom stereocenters. The summed E-state index contributed by atoms with van der Waals surface area (Å²) < 4.78 is 5.44. The Kier molecular flexibility index (Phi) is 8.21. The molecule has 2 heterocycles. The Morgan fingerprint density at radius 2 is 1.89 bits per heavy atom. The summed E-state index contributed by atoms with van der Waals surface area (Å²) in [6.07, 6.45) is 9.24. The van der Waals surface area contributed by atoms with Gasteiger partial charge in [-0.1, -0.05) is 23.9 Å². The highest BCUT2D eigenvalue weighted by molar-refractivity contribution is 6.32. The van der Waals surface area contributed by atoms with Crippen molar-refractivity contribution in [3.63, 3.8) is 0 Å². The first kappa shape index (κ1) is 26.7. The van der Waals surface area contributed by atoms with Gasteiger partial charge in [-0.2, -0.15) is 0 Å². The van der Waals surface area contributed by atoms with Crippen LogP contribution in [-0.4, -0.2) is 46.1 Å². The molecular weight excluding hydrogens is 488 g/mol. The first-order chi connectivity index (χ1) is 17.6. The number of nitrogens with zero attached hydrogens (tertiary/aromatic N) is 3. The lowest BCUT2D eigenvalue weighted by Gasteiger charge is -2.25. The minimum absolute atomic E-state index is 0.180. The van der Waals surface area contributed by atoms with E-state index in [2.05, 4.69) is 20.8 Å². The molecule has 0 saturated carbocycles. The van der Waals surface area contributed by atoms with E-state index < -0.39 is 5.60 Å². The molecule has 0 spiro atoms. The number of fused-ring (bicyclic) bond motifs is 1. The molecule has 0 aliphatic carbocycles. The Hall–Kier alpha value is -3.34. The molecule has 4 rings (SSSR count). The smallest absolute Gasteiger partial charge is 0.338 e. The number of anilines is 1. The standard InChI is InChI=1S/C29H33ClN4O3/c1-5-13-34(22-11-9-20(10-12-22)28(36)37-29(2,3)4)18-21-16-23-25(17-24(21)30)31-26(32-27(23)35)19-33-14-7-6-8-15-33/h1,9-12,16-17H,6-8,13-15,18-19H2,2-4H3,(H,31,32,35). The highest BCUT2D eigenvalue weighted by Crippen LogP contribution is 2.26. The van der Waals surface area contributed by atoms with Crippen LogP contribution >= 0.6 is 11.6 Å². The van der Waals surface area contributed by atoms with Crippen molar-refractivity contribution in [3.05, 3.63) is 68.7 Å². The number of nitrogens with one attached hydrogen (secondary N) is 1. The first-order valence-electron chi connectivity index (χ1n) is 12.6. The molecule has 1 aliphatic heterocycles. The van der Waals surface area contributed by atoms with E-state index in [1.54, 1.807) is 24.3 Å². The van der Waals surface area contributed by atoms with Crippen molar-refractivity contribution >= 4 is 34.2 Å². The third kappa shape index (κ3) is 6.91. The Bertz CT molecular complexity index is 1360. The highest BCUT2D eigenvalue weighted by Gasteiger charge is 2.19. The summed E-state index contributed by atoms with van der Waals surface area (Å²) in [6, 6.07) is 10.6. The van der Waals surface area contributed by atoms with E-state index in [1.165, 1.54) is 19.3 Å². The van der Waals surface area contributed by atoms with Crippen LogP contribution in [0, 0.1) is 12.3 Å². The monoisotopic (exact) mass is 520 g/mol. The van der Waals surface area contributed by atoms with Crippen LogP contribution in [0.1, 0.15) is 61.8 Å². The fourth-order valence-electron chi connectivity index (χ4n) is 4.48. The number of likely N-dealkylation sites (tertiary alicyclic amines) is 1. The van der Waals surface area contributed by atoms with Crippen molar-refractivity contribution < 1.29 is 9.53 Å². The number of ether oxygens (including phenoxy) is 1. The van der Waals surface area contributed by atoms with Crippen molar-refractivity contribution in [2.75, 3.05) is 24.5 Å². The van der Waals surface area contributed by atoms with Gasteiger partial charge in [-0.3, -0.25) is 9.69 Å². The molecule has 1 aliphatic rings. The van der Waals surface area contributed by atoms with Crippen LogP contribution in [0.4, 0.5) is 5.69 Å². The predicted molar refractivity (Wildman–Crippen MR) is 148 cm³/mol. The number of hydrogen-bond acceptors (Lipinski definition) is 6. The van der Waals surface area contributed by atoms with E-state index in [9.17, 15) is 9.59 Å². The molecule has 0 radical (unpaired) electrons. The number of halogens is 1. The topological polar surface area (TPSA) is 78.5 Å². The van der Waals surface area contributed by atoms with Gasteiger partial charge in [-0.25, -0.2) is 9.78 Å². The SMILES string of the molecule is C#CCN(Cc1cc2c(=O)[nH]c(CN3CCCCC3)nc2cc1Cl)c1ccc(C(=O)OC(C)(C)C)cc1. The maximum atomic E-state index is 12.9. The molecule has 194 valence electrons. The Balaban J connectivity index is 1.56. The van der Waals surface area contributed by atoms with E-state index >= 15 is 0 Å². The maximum Gasteiger partial charge on any atom is 0.338 e. The molecule has 1 aromatic heterocycles. The van der Waals surface area contributed by atoms with Gasteiger partial charge < -0.3 is 14.6 Å². The zero-order chi connectivity index (χ0) is 26.6. The number of aromatic nitrogens is 2. The number of rotatable bonds is 7. The van der Waals surface area contributed by atoms with Gasteiger partial charge in [0.2, 0.25) is 0 Å². The number of piperidine rings is 1. The van der Waals surface area contributed by atoms with Gasteiger partial charge in [0.05, 0.1) is 29.6 Å². The minimum Gasteiger partial charge on any atom is -0.456 e. The largest absolute Gasteiger partial charge is 0.456 e. The first-order valence-corrected chi connectivity index (χ1v) is 13.0. The van der Waals surface area contributed by atoms with Crippen LogP contribution in [0.3, 0.4) is 0 Å². The molecule has 8 heteroatoms. The third-order valence-electron chi connectivity index (χ3n) is 6.26. The van der Waals surface area contributed by atoms with Gasteiger partial charge >= 0.3 is 5.97 Å². The number of H-pyrrole nitrogens is 1. The van der Waals surface area contributed by atoms with E-state index in [1.807, 2.05) is 37.8 Å². The lowest BCUT2D eigenvalue weighted by molar-refractivity contribution is 0.00695. The molecule has 37 heavy (non-hydrogen) atoms. The van der Waals surface area contributed by atoms with E-state index in [0.717, 1.165) is 24.3 Å². The van der Waals surface area contributed by atoms with Crippen molar-refractivity contribution in [1.82, 2.24) is 14.9 Å². The summed E-state index contributed by atoms with van der Waals surface area (Å²) in [7, 11) is 0. The van der Waals surface area contributed by atoms with Gasteiger partial charge in [-0.05, 0) is 88.7 Å². The molecule has 0 bridgehead atoms. The summed E-state index contributed by atoms with van der Waals surface area (Å²) in [6.45, 7) is 8.87.